The molecule has 0 spiro atoms. The van der Waals surface area contributed by atoms with Crippen LogP contribution in [0.1, 0.15) is 37.5 Å². The molecule has 2 heteroatoms. The minimum Gasteiger partial charge on any atom is -0.379 e. The molecule has 2 aromatic carbocycles. The Hall–Kier alpha value is -1.64. The molecule has 0 saturated heterocycles. The minimum atomic E-state index is -1.13. The van der Waals surface area contributed by atoms with Gasteiger partial charge in [0.2, 0.25) is 0 Å². The van der Waals surface area contributed by atoms with E-state index in [1.165, 1.54) is 5.56 Å². The van der Waals surface area contributed by atoms with E-state index in [0.717, 1.165) is 11.1 Å². The zero-order valence-corrected chi connectivity index (χ0v) is 12.4. The quantitative estimate of drug-likeness (QED) is 0.899. The lowest BCUT2D eigenvalue weighted by molar-refractivity contribution is 0.0902. The summed E-state index contributed by atoms with van der Waals surface area (Å²) in [4.78, 5) is 0. The summed E-state index contributed by atoms with van der Waals surface area (Å²) in [5.74, 6) is 0. The molecular formula is C18H23NO. The Morgan fingerprint density at radius 2 is 1.25 bits per heavy atom. The zero-order valence-electron chi connectivity index (χ0n) is 12.4. The molecule has 0 fully saturated rings. The summed E-state index contributed by atoms with van der Waals surface area (Å²) in [6, 6.07) is 17.7. The summed E-state index contributed by atoms with van der Waals surface area (Å²) < 4.78 is 0. The highest BCUT2D eigenvalue weighted by molar-refractivity contribution is 5.38. The van der Waals surface area contributed by atoms with Gasteiger partial charge in [-0.1, -0.05) is 75.4 Å². The first kappa shape index (κ1) is 14.8. The van der Waals surface area contributed by atoms with Gasteiger partial charge in [0, 0.05) is 6.54 Å². The predicted octanol–water partition coefficient (Wildman–Crippen LogP) is 3.18. The highest BCUT2D eigenvalue weighted by atomic mass is 16.3. The lowest BCUT2D eigenvalue weighted by atomic mass is 9.82. The summed E-state index contributed by atoms with van der Waals surface area (Å²) in [5.41, 5.74) is 7.72. The van der Waals surface area contributed by atoms with Crippen molar-refractivity contribution in [3.63, 3.8) is 0 Å². The van der Waals surface area contributed by atoms with E-state index < -0.39 is 5.60 Å². The van der Waals surface area contributed by atoms with Crippen molar-refractivity contribution in [1.82, 2.24) is 0 Å². The molecule has 0 heterocycles. The molecule has 0 radical (unpaired) electrons. The van der Waals surface area contributed by atoms with Crippen LogP contribution in [0.15, 0.2) is 54.6 Å². The van der Waals surface area contributed by atoms with Gasteiger partial charge < -0.3 is 10.8 Å². The monoisotopic (exact) mass is 269 g/mol. The number of hydrogen-bond acceptors (Lipinski definition) is 2. The topological polar surface area (TPSA) is 46.2 Å². The van der Waals surface area contributed by atoms with Gasteiger partial charge in [-0.3, -0.25) is 0 Å². The smallest absolute Gasteiger partial charge is 0.127 e. The lowest BCUT2D eigenvalue weighted by Gasteiger charge is -2.29. The number of hydrogen-bond donors (Lipinski definition) is 2. The van der Waals surface area contributed by atoms with Crippen LogP contribution in [-0.4, -0.2) is 11.7 Å². The number of rotatable bonds is 3. The van der Waals surface area contributed by atoms with Crippen molar-refractivity contribution in [2.45, 2.75) is 31.8 Å². The Bertz CT molecular complexity index is 554. The molecule has 2 aromatic rings. The van der Waals surface area contributed by atoms with Crippen LogP contribution < -0.4 is 5.73 Å². The van der Waals surface area contributed by atoms with Gasteiger partial charge in [-0.05, 0) is 22.1 Å². The van der Waals surface area contributed by atoms with Crippen molar-refractivity contribution in [3.8, 4) is 0 Å². The SMILES string of the molecule is CC(C)(C)c1ccc(C(O)(CN)c2ccccc2)cc1. The highest BCUT2D eigenvalue weighted by Gasteiger charge is 2.30. The Morgan fingerprint density at radius 3 is 1.70 bits per heavy atom. The molecule has 0 aromatic heterocycles. The third-order valence-corrected chi connectivity index (χ3v) is 3.78. The third kappa shape index (κ3) is 2.77. The van der Waals surface area contributed by atoms with Crippen molar-refractivity contribution < 1.29 is 5.11 Å². The van der Waals surface area contributed by atoms with E-state index in [9.17, 15) is 5.11 Å². The van der Waals surface area contributed by atoms with E-state index in [0.29, 0.717) is 0 Å². The Morgan fingerprint density at radius 1 is 0.800 bits per heavy atom. The second-order valence-corrected chi connectivity index (χ2v) is 6.26. The standard InChI is InChI=1S/C18H23NO/c1-17(2,3)14-9-11-16(12-10-14)18(20,13-19)15-7-5-4-6-8-15/h4-12,20H,13,19H2,1-3H3. The average Bonchev–Trinajstić information content (AvgIpc) is 2.46. The molecule has 2 nitrogen and oxygen atoms in total. The zero-order chi connectivity index (χ0) is 14.8. The first-order valence-electron chi connectivity index (χ1n) is 6.97. The van der Waals surface area contributed by atoms with Gasteiger partial charge in [0.1, 0.15) is 5.60 Å². The molecule has 20 heavy (non-hydrogen) atoms. The van der Waals surface area contributed by atoms with E-state index in [-0.39, 0.29) is 12.0 Å². The maximum absolute atomic E-state index is 10.9. The Kier molecular flexibility index (Phi) is 3.98. The van der Waals surface area contributed by atoms with Crippen LogP contribution in [0.2, 0.25) is 0 Å². The van der Waals surface area contributed by atoms with Crippen LogP contribution in [0.5, 0.6) is 0 Å². The fourth-order valence-corrected chi connectivity index (χ4v) is 2.36. The molecule has 3 N–H and O–H groups in total. The second kappa shape index (κ2) is 5.39. The summed E-state index contributed by atoms with van der Waals surface area (Å²) in [5, 5.41) is 10.9. The normalized spacial score (nSPS) is 14.8. The van der Waals surface area contributed by atoms with Gasteiger partial charge in [0.15, 0.2) is 0 Å². The largest absolute Gasteiger partial charge is 0.379 e. The molecule has 106 valence electrons. The summed E-state index contributed by atoms with van der Waals surface area (Å²) in [6.07, 6.45) is 0. The Balaban J connectivity index is 2.43. The van der Waals surface area contributed by atoms with Gasteiger partial charge >= 0.3 is 0 Å². The van der Waals surface area contributed by atoms with Crippen molar-refractivity contribution in [2.75, 3.05) is 6.54 Å². The molecule has 0 aliphatic heterocycles. The lowest BCUT2D eigenvalue weighted by Crippen LogP contribution is -2.36. The van der Waals surface area contributed by atoms with E-state index >= 15 is 0 Å². The molecule has 0 saturated carbocycles. The van der Waals surface area contributed by atoms with Gasteiger partial charge in [-0.25, -0.2) is 0 Å². The second-order valence-electron chi connectivity index (χ2n) is 6.26. The number of benzene rings is 2. The average molecular weight is 269 g/mol. The third-order valence-electron chi connectivity index (χ3n) is 3.78. The molecular weight excluding hydrogens is 246 g/mol. The minimum absolute atomic E-state index is 0.103. The van der Waals surface area contributed by atoms with Gasteiger partial charge in [-0.15, -0.1) is 0 Å². The van der Waals surface area contributed by atoms with Crippen LogP contribution >= 0.6 is 0 Å². The van der Waals surface area contributed by atoms with Crippen LogP contribution in [0.3, 0.4) is 0 Å². The molecule has 1 atom stereocenters. The first-order chi connectivity index (χ1) is 9.38. The van der Waals surface area contributed by atoms with Gasteiger partial charge in [-0.2, -0.15) is 0 Å². The van der Waals surface area contributed by atoms with Crippen LogP contribution in [0.25, 0.3) is 0 Å². The molecule has 0 amide bonds. The molecule has 2 rings (SSSR count). The van der Waals surface area contributed by atoms with Crippen molar-refractivity contribution in [3.05, 3.63) is 71.3 Å². The van der Waals surface area contributed by atoms with Crippen molar-refractivity contribution in [1.29, 1.82) is 0 Å². The van der Waals surface area contributed by atoms with Gasteiger partial charge in [0.25, 0.3) is 0 Å². The number of aliphatic hydroxyl groups is 1. The fourth-order valence-electron chi connectivity index (χ4n) is 2.36. The number of nitrogens with two attached hydrogens (primary N) is 1. The maximum atomic E-state index is 10.9. The van der Waals surface area contributed by atoms with Gasteiger partial charge in [0.05, 0.1) is 0 Å². The summed E-state index contributed by atoms with van der Waals surface area (Å²) in [6.45, 7) is 6.68. The maximum Gasteiger partial charge on any atom is 0.127 e. The first-order valence-corrected chi connectivity index (χ1v) is 6.97. The van der Waals surface area contributed by atoms with Crippen LogP contribution in [-0.2, 0) is 11.0 Å². The van der Waals surface area contributed by atoms with Crippen LogP contribution in [0.4, 0.5) is 0 Å². The molecule has 0 aliphatic rings. The van der Waals surface area contributed by atoms with Crippen LogP contribution in [0, 0.1) is 0 Å². The molecule has 0 bridgehead atoms. The molecule has 0 aliphatic carbocycles. The Labute approximate surface area is 121 Å². The van der Waals surface area contributed by atoms with E-state index in [1.54, 1.807) is 0 Å². The van der Waals surface area contributed by atoms with Crippen molar-refractivity contribution >= 4 is 0 Å². The van der Waals surface area contributed by atoms with E-state index in [2.05, 4.69) is 32.9 Å². The van der Waals surface area contributed by atoms with E-state index in [1.807, 2.05) is 42.5 Å². The summed E-state index contributed by atoms with van der Waals surface area (Å²) in [7, 11) is 0. The fraction of sp³-hybridized carbons (Fsp3) is 0.333. The highest BCUT2D eigenvalue weighted by Crippen LogP contribution is 2.30. The van der Waals surface area contributed by atoms with Crippen molar-refractivity contribution in [2.24, 2.45) is 5.73 Å². The summed E-state index contributed by atoms with van der Waals surface area (Å²) >= 11 is 0. The molecule has 1 unspecified atom stereocenters. The van der Waals surface area contributed by atoms with E-state index in [4.69, 9.17) is 5.73 Å². The predicted molar refractivity (Wildman–Crippen MR) is 83.6 cm³/mol.